The molecule has 0 heterocycles. The van der Waals surface area contributed by atoms with E-state index >= 15 is 0 Å². The summed E-state index contributed by atoms with van der Waals surface area (Å²) in [6.45, 7) is 4.21. The Balaban J connectivity index is 1.82. The number of nitrogens with one attached hydrogen (secondary N) is 1. The van der Waals surface area contributed by atoms with Gasteiger partial charge in [0.2, 0.25) is 0 Å². The van der Waals surface area contributed by atoms with E-state index in [4.69, 9.17) is 14.2 Å². The number of hydrogen-bond acceptors (Lipinski definition) is 6. The second-order valence-electron chi connectivity index (χ2n) is 8.71. The van der Waals surface area contributed by atoms with Crippen LogP contribution in [0, 0.1) is 0 Å². The molecule has 2 aromatic carbocycles. The molecule has 0 aliphatic heterocycles. The van der Waals surface area contributed by atoms with Gasteiger partial charge in [0.05, 0.1) is 13.7 Å². The van der Waals surface area contributed by atoms with Gasteiger partial charge in [0.1, 0.15) is 18.0 Å². The number of ether oxygens (including phenoxy) is 4. The first-order chi connectivity index (χ1) is 16.3. The van der Waals surface area contributed by atoms with Gasteiger partial charge in [-0.25, -0.2) is 9.59 Å². The normalized spacial score (nSPS) is 12.5. The van der Waals surface area contributed by atoms with Crippen LogP contribution in [0.15, 0.2) is 48.5 Å². The van der Waals surface area contributed by atoms with Gasteiger partial charge in [0.25, 0.3) is 0 Å². The number of amides is 1. The fourth-order valence-electron chi connectivity index (χ4n) is 2.94. The van der Waals surface area contributed by atoms with Gasteiger partial charge in [-0.1, -0.05) is 24.3 Å². The molecule has 2 rings (SSSR count). The summed E-state index contributed by atoms with van der Waals surface area (Å²) < 4.78 is 57.4. The number of anilines is 1. The van der Waals surface area contributed by atoms with Crippen LogP contribution in [0.2, 0.25) is 0 Å². The molecule has 1 unspecified atom stereocenters. The molecule has 1 amide bonds. The van der Waals surface area contributed by atoms with Crippen molar-refractivity contribution in [1.29, 1.82) is 0 Å². The third-order valence-corrected chi connectivity index (χ3v) is 4.52. The van der Waals surface area contributed by atoms with E-state index in [0.717, 1.165) is 12.7 Å². The van der Waals surface area contributed by atoms with Crippen molar-refractivity contribution in [2.75, 3.05) is 25.6 Å². The second-order valence-corrected chi connectivity index (χ2v) is 8.71. The van der Waals surface area contributed by atoms with Gasteiger partial charge in [0.15, 0.2) is 6.10 Å². The number of esters is 1. The lowest BCUT2D eigenvalue weighted by molar-refractivity contribution is -0.193. The van der Waals surface area contributed by atoms with Crippen molar-refractivity contribution >= 4 is 17.7 Å². The summed E-state index contributed by atoms with van der Waals surface area (Å²) in [5.74, 6) is -0.301. The molecule has 192 valence electrons. The summed E-state index contributed by atoms with van der Waals surface area (Å²) in [5, 5.41) is 2.67. The number of halogens is 3. The van der Waals surface area contributed by atoms with Crippen LogP contribution in [0.25, 0.3) is 0 Å². The maximum Gasteiger partial charge on any atom is 0.412 e. The highest BCUT2D eigenvalue weighted by Gasteiger charge is 2.32. The topological polar surface area (TPSA) is 83.1 Å². The highest BCUT2D eigenvalue weighted by Crippen LogP contribution is 2.19. The minimum absolute atomic E-state index is 0.0628. The number of methoxy groups -OCH3 is 1. The van der Waals surface area contributed by atoms with E-state index in [1.165, 1.54) is 0 Å². The smallest absolute Gasteiger partial charge is 0.412 e. The maximum absolute atomic E-state index is 12.4. The number of carbonyl (C=O) groups excluding carboxylic acids is 2. The molecule has 0 saturated heterocycles. The molecular weight excluding hydrogens is 467 g/mol. The van der Waals surface area contributed by atoms with Crippen LogP contribution >= 0.6 is 0 Å². The Kier molecular flexibility index (Phi) is 9.94. The van der Waals surface area contributed by atoms with Gasteiger partial charge in [-0.15, -0.1) is 0 Å². The molecular formula is C25H30F3NO6. The summed E-state index contributed by atoms with van der Waals surface area (Å²) in [6, 6.07) is 13.9. The highest BCUT2D eigenvalue weighted by atomic mass is 19.4. The highest BCUT2D eigenvalue weighted by molar-refractivity contribution is 5.84. The number of alkyl halides is 3. The van der Waals surface area contributed by atoms with E-state index in [9.17, 15) is 22.8 Å². The van der Waals surface area contributed by atoms with Crippen molar-refractivity contribution in [3.63, 3.8) is 0 Å². The molecule has 0 aliphatic carbocycles. The Hall–Kier alpha value is -3.27. The summed E-state index contributed by atoms with van der Waals surface area (Å²) in [6.07, 6.45) is -5.88. The van der Waals surface area contributed by atoms with E-state index in [1.807, 2.05) is 12.1 Å². The van der Waals surface area contributed by atoms with Gasteiger partial charge < -0.3 is 18.9 Å². The van der Waals surface area contributed by atoms with Crippen LogP contribution in [0.3, 0.4) is 0 Å². The number of benzene rings is 2. The van der Waals surface area contributed by atoms with E-state index in [0.29, 0.717) is 30.0 Å². The molecule has 10 heteroatoms. The SMILES string of the molecule is COC(=O)C(Cc1ccc(OCCc2ccc(NC(=O)OC(C)(C)C)cc2)cc1)OCC(F)(F)F. The fourth-order valence-corrected chi connectivity index (χ4v) is 2.94. The first-order valence-corrected chi connectivity index (χ1v) is 10.9. The fraction of sp³-hybridized carbons (Fsp3) is 0.440. The third kappa shape index (κ3) is 11.1. The predicted octanol–water partition coefficient (Wildman–Crippen LogP) is 5.32. The Morgan fingerprint density at radius 3 is 2.09 bits per heavy atom. The van der Waals surface area contributed by atoms with Gasteiger partial charge in [-0.05, 0) is 56.2 Å². The maximum atomic E-state index is 12.4. The average molecular weight is 498 g/mol. The molecule has 0 radical (unpaired) electrons. The molecule has 1 N–H and O–H groups in total. The molecule has 1 atom stereocenters. The minimum atomic E-state index is -4.54. The van der Waals surface area contributed by atoms with Gasteiger partial charge in [-0.2, -0.15) is 13.2 Å². The zero-order chi connectivity index (χ0) is 26.1. The largest absolute Gasteiger partial charge is 0.493 e. The van der Waals surface area contributed by atoms with Gasteiger partial charge in [-0.3, -0.25) is 5.32 Å². The molecule has 35 heavy (non-hydrogen) atoms. The van der Waals surface area contributed by atoms with Crippen molar-refractivity contribution in [3.8, 4) is 5.75 Å². The van der Waals surface area contributed by atoms with Gasteiger partial charge in [0, 0.05) is 18.5 Å². The second kappa shape index (κ2) is 12.4. The monoisotopic (exact) mass is 497 g/mol. The first kappa shape index (κ1) is 28.0. The molecule has 0 spiro atoms. The zero-order valence-corrected chi connectivity index (χ0v) is 20.1. The summed E-state index contributed by atoms with van der Waals surface area (Å²) in [4.78, 5) is 23.6. The van der Waals surface area contributed by atoms with Crippen LogP contribution in [-0.2, 0) is 31.8 Å². The molecule has 2 aromatic rings. The number of hydrogen-bond donors (Lipinski definition) is 1. The molecule has 0 aromatic heterocycles. The minimum Gasteiger partial charge on any atom is -0.493 e. The van der Waals surface area contributed by atoms with E-state index in [2.05, 4.69) is 10.1 Å². The predicted molar refractivity (Wildman–Crippen MR) is 123 cm³/mol. The molecule has 0 saturated carbocycles. The molecule has 0 fully saturated rings. The molecule has 7 nitrogen and oxygen atoms in total. The summed E-state index contributed by atoms with van der Waals surface area (Å²) in [7, 11) is 1.09. The van der Waals surface area contributed by atoms with Crippen molar-refractivity contribution in [1.82, 2.24) is 0 Å². The average Bonchev–Trinajstić information content (AvgIpc) is 2.76. The number of rotatable bonds is 10. The van der Waals surface area contributed by atoms with Crippen molar-refractivity contribution in [3.05, 3.63) is 59.7 Å². The third-order valence-electron chi connectivity index (χ3n) is 4.52. The van der Waals surface area contributed by atoms with E-state index in [1.54, 1.807) is 57.2 Å². The Labute approximate surface area is 202 Å². The standard InChI is InChI=1S/C25H30F3NO6/c1-24(2,3)35-23(31)29-19-9-5-17(6-10-19)13-14-33-20-11-7-18(8-12-20)15-21(22(30)32-4)34-16-25(26,27)28/h5-12,21H,13-16H2,1-4H3,(H,29,31). The van der Waals surface area contributed by atoms with Crippen LogP contribution < -0.4 is 10.1 Å². The van der Waals surface area contributed by atoms with Crippen LogP contribution in [0.4, 0.5) is 23.7 Å². The van der Waals surface area contributed by atoms with Crippen LogP contribution in [-0.4, -0.2) is 50.3 Å². The summed E-state index contributed by atoms with van der Waals surface area (Å²) in [5.41, 5.74) is 1.63. The molecule has 0 aliphatic rings. The van der Waals surface area contributed by atoms with E-state index < -0.39 is 36.6 Å². The van der Waals surface area contributed by atoms with Crippen LogP contribution in [0.1, 0.15) is 31.9 Å². The lowest BCUT2D eigenvalue weighted by atomic mass is 10.1. The molecule has 0 bridgehead atoms. The quantitative estimate of drug-likeness (QED) is 0.448. The Bertz CT molecular complexity index is 953. The Morgan fingerprint density at radius 1 is 0.943 bits per heavy atom. The number of carbonyl (C=O) groups is 2. The van der Waals surface area contributed by atoms with Crippen molar-refractivity contribution in [2.24, 2.45) is 0 Å². The van der Waals surface area contributed by atoms with Crippen molar-refractivity contribution < 1.29 is 41.7 Å². The van der Waals surface area contributed by atoms with Crippen LogP contribution in [0.5, 0.6) is 5.75 Å². The van der Waals surface area contributed by atoms with Crippen molar-refractivity contribution in [2.45, 2.75) is 51.5 Å². The van der Waals surface area contributed by atoms with Gasteiger partial charge >= 0.3 is 18.2 Å². The summed E-state index contributed by atoms with van der Waals surface area (Å²) >= 11 is 0. The first-order valence-electron chi connectivity index (χ1n) is 10.9. The lowest BCUT2D eigenvalue weighted by Gasteiger charge is -2.19. The lowest BCUT2D eigenvalue weighted by Crippen LogP contribution is -2.32. The zero-order valence-electron chi connectivity index (χ0n) is 20.1. The Morgan fingerprint density at radius 2 is 1.54 bits per heavy atom. The van der Waals surface area contributed by atoms with E-state index in [-0.39, 0.29) is 6.42 Å².